The van der Waals surface area contributed by atoms with Crippen molar-refractivity contribution in [2.45, 2.75) is 19.9 Å². The van der Waals surface area contributed by atoms with E-state index in [4.69, 9.17) is 29.5 Å². The van der Waals surface area contributed by atoms with E-state index in [1.54, 1.807) is 0 Å². The van der Waals surface area contributed by atoms with E-state index in [1.165, 1.54) is 0 Å². The second-order valence-corrected chi connectivity index (χ2v) is 10.5. The molecule has 0 unspecified atom stereocenters. The van der Waals surface area contributed by atoms with Crippen LogP contribution in [0.3, 0.4) is 0 Å². The fraction of sp³-hybridized carbons (Fsp3) is 0.111. The van der Waals surface area contributed by atoms with Crippen molar-refractivity contribution in [3.63, 3.8) is 0 Å². The number of rotatable bonds is 6. The van der Waals surface area contributed by atoms with Gasteiger partial charge in [0.05, 0.1) is 32.0 Å². The Morgan fingerprint density at radius 2 is 0.800 bits per heavy atom. The Morgan fingerprint density at radius 3 is 0.971 bits per heavy atom. The first-order valence-corrected chi connectivity index (χ1v) is 14.7. The smallest absolute Gasteiger partial charge is 0.356 e. The molecule has 188 valence electrons. The molecule has 2 aromatic carbocycles. The molecular formula is C18H18MgO14S2. The molecule has 0 saturated heterocycles. The van der Waals surface area contributed by atoms with Crippen LogP contribution in [0.4, 0.5) is 0 Å². The molecule has 0 saturated carbocycles. The Morgan fingerprint density at radius 1 is 0.571 bits per heavy atom. The Balaban J connectivity index is 0.000000594. The monoisotopic (exact) mass is 546 g/mol. The molecule has 14 nitrogen and oxygen atoms in total. The van der Waals surface area contributed by atoms with Gasteiger partial charge in [-0.15, -0.1) is 0 Å². The van der Waals surface area contributed by atoms with E-state index in [1.807, 2.05) is 0 Å². The fourth-order valence-electron chi connectivity index (χ4n) is 2.09. The predicted octanol–water partition coefficient (Wildman–Crippen LogP) is 1.45. The van der Waals surface area contributed by atoms with Gasteiger partial charge in [0.1, 0.15) is 0 Å². The molecule has 0 aromatic heterocycles. The minimum absolute atomic E-state index is 0.417. The molecule has 0 aliphatic rings. The third kappa shape index (κ3) is 9.97. The van der Waals surface area contributed by atoms with Crippen LogP contribution in [0.25, 0.3) is 0 Å². The third-order valence-electron chi connectivity index (χ3n) is 3.50. The van der Waals surface area contributed by atoms with E-state index in [0.717, 1.165) is 24.3 Å². The van der Waals surface area contributed by atoms with Gasteiger partial charge in [-0.2, -0.15) is 26.9 Å². The van der Waals surface area contributed by atoms with Gasteiger partial charge in [0.25, 0.3) is 20.2 Å². The molecule has 0 aliphatic carbocycles. The molecule has 2 rings (SSSR count). The summed E-state index contributed by atoms with van der Waals surface area (Å²) in [7, 11) is -9.12. The SMILES string of the molecule is O=C(O)c1ccc(S(=O)(=O)O)cc1C(=O)O.O=C(O)c1ccc(S(=O)(=O)O)cc1C(=O)O.[CH3][Mg][CH3]. The maximum atomic E-state index is 10.7. The highest BCUT2D eigenvalue weighted by atomic mass is 32.2. The van der Waals surface area contributed by atoms with E-state index in [0.29, 0.717) is 32.5 Å². The van der Waals surface area contributed by atoms with Crippen LogP contribution in [0.2, 0.25) is 10.1 Å². The first-order chi connectivity index (χ1) is 15.9. The summed E-state index contributed by atoms with van der Waals surface area (Å²) in [6, 6.07) is 4.39. The topological polar surface area (TPSA) is 258 Å². The number of aromatic carboxylic acids is 4. The van der Waals surface area contributed by atoms with Gasteiger partial charge in [0.15, 0.2) is 0 Å². The van der Waals surface area contributed by atoms with Crippen molar-refractivity contribution in [3.05, 3.63) is 58.7 Å². The minimum atomic E-state index is -4.56. The Bertz CT molecular complexity index is 1240. The van der Waals surface area contributed by atoms with Crippen LogP contribution in [0, 0.1) is 0 Å². The molecule has 0 atom stereocenters. The first-order valence-electron chi connectivity index (χ1n) is 9.04. The molecule has 35 heavy (non-hydrogen) atoms. The van der Waals surface area contributed by atoms with Crippen LogP contribution in [-0.2, 0) is 20.2 Å². The Labute approximate surface area is 208 Å². The quantitative estimate of drug-likeness (QED) is 0.221. The van der Waals surface area contributed by atoms with E-state index in [9.17, 15) is 36.0 Å². The Hall–Kier alpha value is -3.09. The lowest BCUT2D eigenvalue weighted by molar-refractivity contribution is 0.0651. The van der Waals surface area contributed by atoms with Gasteiger partial charge in [-0.05, 0) is 36.4 Å². The summed E-state index contributed by atoms with van der Waals surface area (Å²) in [6.45, 7) is 0. The summed E-state index contributed by atoms with van der Waals surface area (Å²) in [5, 5.41) is 39.1. The predicted molar refractivity (Wildman–Crippen MR) is 118 cm³/mol. The third-order valence-corrected chi connectivity index (χ3v) is 5.20. The molecule has 2 aromatic rings. The fourth-order valence-corrected chi connectivity index (χ4v) is 3.11. The van der Waals surface area contributed by atoms with Crippen molar-refractivity contribution in [2.24, 2.45) is 0 Å². The van der Waals surface area contributed by atoms with Crippen molar-refractivity contribution in [2.75, 3.05) is 0 Å². The molecular weight excluding hydrogens is 529 g/mol. The Kier molecular flexibility index (Phi) is 12.0. The van der Waals surface area contributed by atoms with Crippen LogP contribution >= 0.6 is 0 Å². The van der Waals surface area contributed by atoms with E-state index >= 15 is 0 Å². The zero-order valence-corrected chi connectivity index (χ0v) is 21.0. The van der Waals surface area contributed by atoms with Gasteiger partial charge in [-0.25, -0.2) is 19.2 Å². The van der Waals surface area contributed by atoms with Gasteiger partial charge < -0.3 is 20.4 Å². The summed E-state index contributed by atoms with van der Waals surface area (Å²) < 4.78 is 60.1. The molecule has 0 bridgehead atoms. The molecule has 0 spiro atoms. The van der Waals surface area contributed by atoms with Gasteiger partial charge in [0, 0.05) is 0 Å². The normalized spacial score (nSPS) is 10.4. The second-order valence-electron chi connectivity index (χ2n) is 6.29. The maximum Gasteiger partial charge on any atom is 0.356 e. The number of carboxylic acid groups (broad SMARTS) is 4. The summed E-state index contributed by atoms with van der Waals surface area (Å²) in [5.74, 6) is -6.19. The van der Waals surface area contributed by atoms with Gasteiger partial charge in [-0.1, -0.05) is 0 Å². The minimum Gasteiger partial charge on any atom is -0.478 e. The summed E-state index contributed by atoms with van der Waals surface area (Å²) >= 11 is 0.417. The van der Waals surface area contributed by atoms with E-state index in [2.05, 4.69) is 10.1 Å². The zero-order chi connectivity index (χ0) is 27.7. The van der Waals surface area contributed by atoms with Crippen molar-refractivity contribution in [1.82, 2.24) is 0 Å². The van der Waals surface area contributed by atoms with Gasteiger partial charge in [-0.3, -0.25) is 9.11 Å². The zero-order valence-electron chi connectivity index (χ0n) is 17.9. The molecule has 0 amide bonds. The van der Waals surface area contributed by atoms with Crippen LogP contribution in [0.5, 0.6) is 0 Å². The average molecular weight is 547 g/mol. The highest BCUT2D eigenvalue weighted by Gasteiger charge is 2.21. The van der Waals surface area contributed by atoms with Crippen molar-refractivity contribution in [3.8, 4) is 0 Å². The number of carboxylic acids is 4. The lowest BCUT2D eigenvalue weighted by atomic mass is 10.1. The van der Waals surface area contributed by atoms with E-state index in [-0.39, 0.29) is 0 Å². The summed E-state index contributed by atoms with van der Waals surface area (Å²) in [6.07, 6.45) is 0. The lowest BCUT2D eigenvalue weighted by Crippen LogP contribution is -2.10. The average Bonchev–Trinajstić information content (AvgIpc) is 2.72. The number of carbonyl (C=O) groups is 4. The number of benzene rings is 2. The van der Waals surface area contributed by atoms with Crippen LogP contribution in [-0.4, -0.2) is 90.6 Å². The molecule has 0 aliphatic heterocycles. The van der Waals surface area contributed by atoms with E-state index < -0.39 is 76.2 Å². The molecule has 0 radical (unpaired) electrons. The first kappa shape index (κ1) is 31.9. The molecule has 6 N–H and O–H groups in total. The highest BCUT2D eigenvalue weighted by molar-refractivity contribution is 7.86. The number of hydrogen-bond donors (Lipinski definition) is 6. The van der Waals surface area contributed by atoms with Gasteiger partial charge >= 0.3 is 44.2 Å². The highest BCUT2D eigenvalue weighted by Crippen LogP contribution is 2.17. The summed E-state index contributed by atoms with van der Waals surface area (Å²) in [4.78, 5) is 41.2. The standard InChI is InChI=1S/2C8H6O7S.2CH3.Mg/c2*9-7(10)5-2-1-4(16(13,14)15)3-6(5)8(11)12;;;/h2*1-3H,(H,9,10)(H,11,12)(H,13,14,15);2*1H3;. The largest absolute Gasteiger partial charge is 0.478 e. The number of hydrogen-bond acceptors (Lipinski definition) is 8. The lowest BCUT2D eigenvalue weighted by Gasteiger charge is -2.03. The maximum absolute atomic E-state index is 10.7. The molecule has 0 fully saturated rings. The van der Waals surface area contributed by atoms with Crippen LogP contribution < -0.4 is 0 Å². The van der Waals surface area contributed by atoms with Crippen molar-refractivity contribution in [1.29, 1.82) is 0 Å². The van der Waals surface area contributed by atoms with Crippen LogP contribution in [0.1, 0.15) is 41.4 Å². The van der Waals surface area contributed by atoms with Crippen LogP contribution in [0.15, 0.2) is 46.2 Å². The van der Waals surface area contributed by atoms with Gasteiger partial charge in [0.2, 0.25) is 0 Å². The molecule has 17 heteroatoms. The van der Waals surface area contributed by atoms with Crippen molar-refractivity contribution >= 4 is 64.5 Å². The summed E-state index contributed by atoms with van der Waals surface area (Å²) in [5.41, 5.74) is -2.52. The molecule has 0 heterocycles. The van der Waals surface area contributed by atoms with Crippen molar-refractivity contribution < 1.29 is 65.5 Å². The second kappa shape index (κ2) is 13.1.